The fourth-order valence-corrected chi connectivity index (χ4v) is 5.23. The normalized spacial score (nSPS) is 34.7. The minimum atomic E-state index is 0.252. The first-order valence-corrected chi connectivity index (χ1v) is 9.70. The van der Waals surface area contributed by atoms with Crippen LogP contribution in [0.1, 0.15) is 59.8 Å². The van der Waals surface area contributed by atoms with Gasteiger partial charge in [-0.15, -0.1) is 11.6 Å². The van der Waals surface area contributed by atoms with Crippen LogP contribution in [0.25, 0.3) is 0 Å². The molecule has 0 N–H and O–H groups in total. The van der Waals surface area contributed by atoms with E-state index in [0.29, 0.717) is 23.1 Å². The molecule has 0 radical (unpaired) electrons. The lowest BCUT2D eigenvalue weighted by molar-refractivity contribution is 0.282. The van der Waals surface area contributed by atoms with Crippen molar-refractivity contribution in [3.8, 4) is 0 Å². The molecule has 3 aliphatic rings. The van der Waals surface area contributed by atoms with Crippen LogP contribution in [0.15, 0.2) is 47.1 Å². The van der Waals surface area contributed by atoms with E-state index in [-0.39, 0.29) is 5.41 Å². The summed E-state index contributed by atoms with van der Waals surface area (Å²) in [6.45, 7) is 18.2. The van der Waals surface area contributed by atoms with Crippen molar-refractivity contribution in [3.05, 3.63) is 47.1 Å². The lowest BCUT2D eigenvalue weighted by Gasteiger charge is -2.38. The maximum Gasteiger partial charge on any atom is 0.0430 e. The molecule has 3 atom stereocenters. The number of hydrogen-bond acceptors (Lipinski definition) is 0. The number of alkyl halides is 1. The van der Waals surface area contributed by atoms with Crippen LogP contribution < -0.4 is 0 Å². The van der Waals surface area contributed by atoms with Crippen LogP contribution in [0, 0.1) is 22.7 Å². The molecule has 3 rings (SSSR count). The van der Waals surface area contributed by atoms with E-state index in [9.17, 15) is 0 Å². The Morgan fingerprint density at radius 1 is 1.39 bits per heavy atom. The summed E-state index contributed by atoms with van der Waals surface area (Å²) in [6, 6.07) is 0. The molecule has 0 bridgehead atoms. The Kier molecular flexibility index (Phi) is 4.20. The number of halogens is 1. The molecular formula is C22H31Cl. The summed E-state index contributed by atoms with van der Waals surface area (Å²) in [5, 5.41) is 0. The predicted molar refractivity (Wildman–Crippen MR) is 102 cm³/mol. The molecule has 3 aliphatic carbocycles. The van der Waals surface area contributed by atoms with Crippen molar-refractivity contribution < 1.29 is 0 Å². The largest absolute Gasteiger partial charge is 0.122 e. The summed E-state index contributed by atoms with van der Waals surface area (Å²) < 4.78 is 0. The number of hydrogen-bond donors (Lipinski definition) is 0. The topological polar surface area (TPSA) is 0 Å². The molecule has 126 valence electrons. The van der Waals surface area contributed by atoms with Gasteiger partial charge in [-0.05, 0) is 78.4 Å². The zero-order valence-corrected chi connectivity index (χ0v) is 16.0. The second kappa shape index (κ2) is 5.66. The maximum absolute atomic E-state index is 5.97. The highest BCUT2D eigenvalue weighted by Crippen LogP contribution is 2.68. The number of fused-ring (bicyclic) bond motifs is 1. The Bertz CT molecular complexity index is 614. The van der Waals surface area contributed by atoms with Crippen molar-refractivity contribution >= 4 is 11.6 Å². The molecule has 0 aromatic rings. The summed E-state index contributed by atoms with van der Waals surface area (Å²) in [5.74, 6) is 1.79. The molecule has 1 saturated carbocycles. The van der Waals surface area contributed by atoms with E-state index in [2.05, 4.69) is 46.9 Å². The van der Waals surface area contributed by atoms with Crippen LogP contribution in [-0.4, -0.2) is 5.88 Å². The van der Waals surface area contributed by atoms with Gasteiger partial charge in [0.05, 0.1) is 0 Å². The van der Waals surface area contributed by atoms with E-state index in [1.54, 1.807) is 11.1 Å². The summed E-state index contributed by atoms with van der Waals surface area (Å²) in [7, 11) is 0. The van der Waals surface area contributed by atoms with Crippen LogP contribution in [0.4, 0.5) is 0 Å². The van der Waals surface area contributed by atoms with Crippen LogP contribution in [0.5, 0.6) is 0 Å². The first kappa shape index (κ1) is 17.1. The lowest BCUT2D eigenvalue weighted by atomic mass is 9.66. The van der Waals surface area contributed by atoms with Gasteiger partial charge in [0.15, 0.2) is 0 Å². The average Bonchev–Trinajstić information content (AvgIpc) is 3.29. The van der Waals surface area contributed by atoms with E-state index >= 15 is 0 Å². The molecule has 0 heterocycles. The Hall–Kier alpha value is -0.750. The zero-order chi connectivity index (χ0) is 17.0. The van der Waals surface area contributed by atoms with Crippen LogP contribution in [0.2, 0.25) is 0 Å². The molecule has 0 nitrogen and oxygen atoms in total. The van der Waals surface area contributed by atoms with E-state index in [1.807, 2.05) is 0 Å². The second-order valence-corrected chi connectivity index (χ2v) is 8.60. The molecule has 0 amide bonds. The quantitative estimate of drug-likeness (QED) is 0.382. The van der Waals surface area contributed by atoms with Gasteiger partial charge in [0.2, 0.25) is 0 Å². The van der Waals surface area contributed by atoms with Gasteiger partial charge in [-0.2, -0.15) is 0 Å². The van der Waals surface area contributed by atoms with Crippen molar-refractivity contribution in [2.24, 2.45) is 22.7 Å². The third-order valence-electron chi connectivity index (χ3n) is 7.28. The van der Waals surface area contributed by atoms with Crippen molar-refractivity contribution in [2.45, 2.75) is 59.8 Å². The molecule has 0 saturated heterocycles. The highest BCUT2D eigenvalue weighted by Gasteiger charge is 2.56. The van der Waals surface area contributed by atoms with Gasteiger partial charge < -0.3 is 0 Å². The number of rotatable bonds is 5. The minimum Gasteiger partial charge on any atom is -0.122 e. The molecule has 0 aromatic carbocycles. The third-order valence-corrected chi connectivity index (χ3v) is 7.66. The van der Waals surface area contributed by atoms with Crippen molar-refractivity contribution in [2.75, 3.05) is 5.88 Å². The summed E-state index contributed by atoms with van der Waals surface area (Å²) >= 11 is 5.97. The fraction of sp³-hybridized carbons (Fsp3) is 0.636. The average molecular weight is 331 g/mol. The van der Waals surface area contributed by atoms with E-state index in [4.69, 9.17) is 11.6 Å². The first-order chi connectivity index (χ1) is 10.8. The molecule has 2 unspecified atom stereocenters. The minimum absolute atomic E-state index is 0.252. The third kappa shape index (κ3) is 2.40. The van der Waals surface area contributed by atoms with Crippen LogP contribution in [-0.2, 0) is 0 Å². The molecule has 0 aromatic heterocycles. The molecule has 23 heavy (non-hydrogen) atoms. The van der Waals surface area contributed by atoms with E-state index < -0.39 is 0 Å². The fourth-order valence-electron chi connectivity index (χ4n) is 5.09. The Balaban J connectivity index is 2.03. The smallest absolute Gasteiger partial charge is 0.0430 e. The summed E-state index contributed by atoms with van der Waals surface area (Å²) in [5.41, 5.74) is 8.03. The summed E-state index contributed by atoms with van der Waals surface area (Å²) in [4.78, 5) is 0. The van der Waals surface area contributed by atoms with E-state index in [1.165, 1.54) is 42.4 Å². The molecular weight excluding hydrogens is 300 g/mol. The second-order valence-electron chi connectivity index (χ2n) is 8.33. The zero-order valence-electron chi connectivity index (χ0n) is 15.3. The summed E-state index contributed by atoms with van der Waals surface area (Å²) in [6.07, 6.45) is 8.63. The first-order valence-electron chi connectivity index (χ1n) is 9.17. The van der Waals surface area contributed by atoms with Crippen molar-refractivity contribution in [1.29, 1.82) is 0 Å². The Morgan fingerprint density at radius 3 is 2.57 bits per heavy atom. The number of allylic oxidation sites excluding steroid dienone is 6. The Morgan fingerprint density at radius 2 is 2.04 bits per heavy atom. The Labute approximate surface area is 147 Å². The monoisotopic (exact) mass is 330 g/mol. The van der Waals surface area contributed by atoms with Crippen LogP contribution >= 0.6 is 11.6 Å². The van der Waals surface area contributed by atoms with Gasteiger partial charge >= 0.3 is 0 Å². The highest BCUT2D eigenvalue weighted by molar-refractivity contribution is 6.19. The standard InChI is InChI=1S/C22H31Cl/c1-7-21(6)12-18-15(3)16(4)22(10-11-22)17(5)20(18)19(21)9-8-14(2)13-23/h12,16,19H,2-3,7-11,13H2,1,4-6H3/t16-,19?,21?/m1/s1. The molecule has 1 fully saturated rings. The maximum atomic E-state index is 5.97. The molecule has 1 heteroatoms. The SMILES string of the molecule is C=C(CCl)CCC1C2=C(C)C3(CC3)[C@H](C)C(=C)C2=CC1(C)CC. The van der Waals surface area contributed by atoms with E-state index in [0.717, 1.165) is 6.42 Å². The lowest BCUT2D eigenvalue weighted by Crippen LogP contribution is -2.28. The predicted octanol–water partition coefficient (Wildman–Crippen LogP) is 6.84. The van der Waals surface area contributed by atoms with Crippen molar-refractivity contribution in [3.63, 3.8) is 0 Å². The van der Waals surface area contributed by atoms with Gasteiger partial charge in [0.25, 0.3) is 0 Å². The molecule has 1 spiro atoms. The van der Waals surface area contributed by atoms with Gasteiger partial charge in [0, 0.05) is 5.88 Å². The van der Waals surface area contributed by atoms with Crippen LogP contribution in [0.3, 0.4) is 0 Å². The molecule has 0 aliphatic heterocycles. The van der Waals surface area contributed by atoms with Gasteiger partial charge in [0.1, 0.15) is 0 Å². The van der Waals surface area contributed by atoms with Crippen molar-refractivity contribution in [1.82, 2.24) is 0 Å². The highest BCUT2D eigenvalue weighted by atomic mass is 35.5. The van der Waals surface area contributed by atoms with Gasteiger partial charge in [-0.1, -0.05) is 51.2 Å². The van der Waals surface area contributed by atoms with Gasteiger partial charge in [-0.25, -0.2) is 0 Å². The van der Waals surface area contributed by atoms with Gasteiger partial charge in [-0.3, -0.25) is 0 Å².